The Labute approximate surface area is 72.6 Å². The smallest absolute Gasteiger partial charge is 0.211 e. The number of hydrogen-bond donors (Lipinski definition) is 0. The zero-order valence-corrected chi connectivity index (χ0v) is 7.88. The zero-order chi connectivity index (χ0) is 9.19. The highest BCUT2D eigenvalue weighted by molar-refractivity contribution is 7.88. The Bertz CT molecular complexity index is 260. The molecule has 0 saturated carbocycles. The Balaban J connectivity index is 2.64. The summed E-state index contributed by atoms with van der Waals surface area (Å²) in [6.45, 7) is 0.922. The monoisotopic (exact) mass is 191 g/mol. The van der Waals surface area contributed by atoms with Gasteiger partial charge >= 0.3 is 0 Å². The fraction of sp³-hybridized carbons (Fsp3) is 0.857. The molecule has 4 nitrogen and oxygen atoms in total. The van der Waals surface area contributed by atoms with Crippen LogP contribution in [0.3, 0.4) is 0 Å². The highest BCUT2D eigenvalue weighted by Crippen LogP contribution is 2.16. The summed E-state index contributed by atoms with van der Waals surface area (Å²) in [6.07, 6.45) is 3.63. The molecule has 0 amide bonds. The average Bonchev–Trinajstić information content (AvgIpc) is 2.03. The van der Waals surface area contributed by atoms with Gasteiger partial charge < -0.3 is 4.79 Å². The molecule has 0 aromatic carbocycles. The van der Waals surface area contributed by atoms with E-state index >= 15 is 0 Å². The van der Waals surface area contributed by atoms with Crippen molar-refractivity contribution < 1.29 is 13.2 Å². The molecule has 1 aliphatic rings. The van der Waals surface area contributed by atoms with Gasteiger partial charge in [-0.1, -0.05) is 0 Å². The lowest BCUT2D eigenvalue weighted by Gasteiger charge is -2.27. The Morgan fingerprint density at radius 3 is 2.67 bits per heavy atom. The molecular formula is C7H13NO3S. The van der Waals surface area contributed by atoms with Gasteiger partial charge in [0.15, 0.2) is 0 Å². The van der Waals surface area contributed by atoms with Crippen molar-refractivity contribution in [2.24, 2.45) is 5.92 Å². The van der Waals surface area contributed by atoms with Crippen LogP contribution in [0.5, 0.6) is 0 Å². The maximum atomic E-state index is 11.1. The van der Waals surface area contributed by atoms with Crippen LogP contribution in [0.2, 0.25) is 0 Å². The summed E-state index contributed by atoms with van der Waals surface area (Å²) >= 11 is 0. The topological polar surface area (TPSA) is 54.5 Å². The lowest BCUT2D eigenvalue weighted by atomic mass is 10.0. The van der Waals surface area contributed by atoms with Gasteiger partial charge in [-0.05, 0) is 12.8 Å². The van der Waals surface area contributed by atoms with Crippen LogP contribution in [0.15, 0.2) is 0 Å². The lowest BCUT2D eigenvalue weighted by Crippen LogP contribution is -2.39. The highest BCUT2D eigenvalue weighted by atomic mass is 32.2. The SMILES string of the molecule is CS(=O)(=O)N1CCCC(C=O)C1. The molecule has 1 heterocycles. The van der Waals surface area contributed by atoms with Gasteiger partial charge in [0.25, 0.3) is 0 Å². The van der Waals surface area contributed by atoms with Crippen molar-refractivity contribution in [2.45, 2.75) is 12.8 Å². The van der Waals surface area contributed by atoms with Gasteiger partial charge in [0.2, 0.25) is 10.0 Å². The minimum Gasteiger partial charge on any atom is -0.303 e. The van der Waals surface area contributed by atoms with Crippen molar-refractivity contribution in [1.29, 1.82) is 0 Å². The van der Waals surface area contributed by atoms with Crippen LogP contribution < -0.4 is 0 Å². The first kappa shape index (κ1) is 9.67. The van der Waals surface area contributed by atoms with Crippen LogP contribution >= 0.6 is 0 Å². The Kier molecular flexibility index (Phi) is 2.85. The molecule has 0 aromatic rings. The molecule has 1 unspecified atom stereocenters. The number of piperidine rings is 1. The van der Waals surface area contributed by atoms with Crippen LogP contribution in [0.25, 0.3) is 0 Å². The molecule has 1 aliphatic heterocycles. The first-order valence-corrected chi connectivity index (χ1v) is 5.79. The summed E-state index contributed by atoms with van der Waals surface area (Å²) in [7, 11) is -3.09. The zero-order valence-electron chi connectivity index (χ0n) is 7.06. The van der Waals surface area contributed by atoms with E-state index in [1.54, 1.807) is 0 Å². The molecule has 70 valence electrons. The maximum absolute atomic E-state index is 11.1. The van der Waals surface area contributed by atoms with E-state index in [4.69, 9.17) is 0 Å². The third-order valence-electron chi connectivity index (χ3n) is 2.08. The van der Waals surface area contributed by atoms with Crippen LogP contribution in [-0.2, 0) is 14.8 Å². The van der Waals surface area contributed by atoms with E-state index < -0.39 is 10.0 Å². The predicted molar refractivity (Wildman–Crippen MR) is 45.2 cm³/mol. The molecule has 0 N–H and O–H groups in total. The minimum absolute atomic E-state index is 0.103. The molecule has 12 heavy (non-hydrogen) atoms. The van der Waals surface area contributed by atoms with Gasteiger partial charge in [0.1, 0.15) is 6.29 Å². The van der Waals surface area contributed by atoms with Crippen molar-refractivity contribution in [3.8, 4) is 0 Å². The minimum atomic E-state index is -3.09. The van der Waals surface area contributed by atoms with Crippen molar-refractivity contribution in [3.05, 3.63) is 0 Å². The molecule has 0 radical (unpaired) electrons. The van der Waals surface area contributed by atoms with Crippen molar-refractivity contribution in [1.82, 2.24) is 4.31 Å². The second-order valence-corrected chi connectivity index (χ2v) is 5.14. The summed E-state index contributed by atoms with van der Waals surface area (Å²) < 4.78 is 23.5. The van der Waals surface area contributed by atoms with Crippen LogP contribution in [0.1, 0.15) is 12.8 Å². The van der Waals surface area contributed by atoms with Crippen molar-refractivity contribution in [2.75, 3.05) is 19.3 Å². The van der Waals surface area contributed by atoms with Crippen molar-refractivity contribution in [3.63, 3.8) is 0 Å². The summed E-state index contributed by atoms with van der Waals surface area (Å²) in [5, 5.41) is 0. The second kappa shape index (κ2) is 3.53. The maximum Gasteiger partial charge on any atom is 0.211 e. The van der Waals surface area contributed by atoms with Crippen LogP contribution in [-0.4, -0.2) is 38.4 Å². The van der Waals surface area contributed by atoms with E-state index in [0.29, 0.717) is 13.1 Å². The van der Waals surface area contributed by atoms with E-state index in [1.807, 2.05) is 0 Å². The van der Waals surface area contributed by atoms with Gasteiger partial charge in [-0.2, -0.15) is 0 Å². The highest BCUT2D eigenvalue weighted by Gasteiger charge is 2.25. The predicted octanol–water partition coefficient (Wildman–Crippen LogP) is -0.143. The molecule has 0 aliphatic carbocycles. The molecule has 0 spiro atoms. The number of nitrogens with zero attached hydrogens (tertiary/aromatic N) is 1. The third-order valence-corrected chi connectivity index (χ3v) is 3.35. The van der Waals surface area contributed by atoms with E-state index in [2.05, 4.69) is 0 Å². The van der Waals surface area contributed by atoms with Crippen LogP contribution in [0.4, 0.5) is 0 Å². The van der Waals surface area contributed by atoms with E-state index in [9.17, 15) is 13.2 Å². The standard InChI is InChI=1S/C7H13NO3S/c1-12(10,11)8-4-2-3-7(5-8)6-9/h6-7H,2-5H2,1H3. The van der Waals surface area contributed by atoms with Gasteiger partial charge in [0.05, 0.1) is 6.26 Å². The Hall–Kier alpha value is -0.420. The normalized spacial score (nSPS) is 26.9. The van der Waals surface area contributed by atoms with Gasteiger partial charge in [-0.15, -0.1) is 0 Å². The molecule has 0 aromatic heterocycles. The summed E-state index contributed by atoms with van der Waals surface area (Å²) in [5.41, 5.74) is 0. The molecule has 0 bridgehead atoms. The number of aldehydes is 1. The summed E-state index contributed by atoms with van der Waals surface area (Å²) in [6, 6.07) is 0. The van der Waals surface area contributed by atoms with Gasteiger partial charge in [-0.25, -0.2) is 12.7 Å². The Morgan fingerprint density at radius 2 is 2.17 bits per heavy atom. The summed E-state index contributed by atoms with van der Waals surface area (Å²) in [4.78, 5) is 10.4. The first-order valence-electron chi connectivity index (χ1n) is 3.94. The molecule has 1 rings (SSSR count). The fourth-order valence-electron chi connectivity index (χ4n) is 1.39. The molecule has 1 fully saturated rings. The molecule has 5 heteroatoms. The lowest BCUT2D eigenvalue weighted by molar-refractivity contribution is -0.112. The summed E-state index contributed by atoms with van der Waals surface area (Å²) in [5.74, 6) is -0.103. The average molecular weight is 191 g/mol. The van der Waals surface area contributed by atoms with E-state index in [-0.39, 0.29) is 5.92 Å². The van der Waals surface area contributed by atoms with Crippen molar-refractivity contribution >= 4 is 16.3 Å². The fourth-order valence-corrected chi connectivity index (χ4v) is 2.31. The van der Waals surface area contributed by atoms with Crippen LogP contribution in [0, 0.1) is 5.92 Å². The van der Waals surface area contributed by atoms with Gasteiger partial charge in [-0.3, -0.25) is 0 Å². The number of rotatable bonds is 2. The quantitative estimate of drug-likeness (QED) is 0.571. The first-order chi connectivity index (χ1) is 5.54. The molecule has 1 atom stereocenters. The Morgan fingerprint density at radius 1 is 1.50 bits per heavy atom. The molecular weight excluding hydrogens is 178 g/mol. The largest absolute Gasteiger partial charge is 0.303 e. The molecule has 1 saturated heterocycles. The number of carbonyl (C=O) groups is 1. The third kappa shape index (κ3) is 2.28. The number of hydrogen-bond acceptors (Lipinski definition) is 3. The van der Waals surface area contributed by atoms with Gasteiger partial charge in [0, 0.05) is 19.0 Å². The van der Waals surface area contributed by atoms with E-state index in [1.165, 1.54) is 10.6 Å². The van der Waals surface area contributed by atoms with E-state index in [0.717, 1.165) is 19.1 Å². The number of sulfonamides is 1. The second-order valence-electron chi connectivity index (χ2n) is 3.16. The number of carbonyl (C=O) groups excluding carboxylic acids is 1.